The van der Waals surface area contributed by atoms with Gasteiger partial charge in [0.15, 0.2) is 16.3 Å². The number of ether oxygens (including phenoxy) is 3. The van der Waals surface area contributed by atoms with Crippen LogP contribution in [-0.2, 0) is 9.53 Å². The van der Waals surface area contributed by atoms with Crippen molar-refractivity contribution in [2.45, 2.75) is 19.9 Å². The second-order valence-corrected chi connectivity index (χ2v) is 9.26. The van der Waals surface area contributed by atoms with Crippen LogP contribution < -0.4 is 24.4 Å². The van der Waals surface area contributed by atoms with Gasteiger partial charge in [-0.15, -0.1) is 0 Å². The number of nitro groups is 1. The molecule has 2 aromatic carbocycles. The highest BCUT2D eigenvalue weighted by atomic mass is 35.5. The van der Waals surface area contributed by atoms with Crippen LogP contribution in [0.2, 0.25) is 5.02 Å². The van der Waals surface area contributed by atoms with Gasteiger partial charge in [-0.2, -0.15) is 0 Å². The maximum atomic E-state index is 13.7. The van der Waals surface area contributed by atoms with Crippen molar-refractivity contribution in [2.75, 3.05) is 20.8 Å². The molecular weight excluding hydrogens is 522 g/mol. The van der Waals surface area contributed by atoms with E-state index in [-0.39, 0.29) is 39.5 Å². The van der Waals surface area contributed by atoms with E-state index >= 15 is 0 Å². The van der Waals surface area contributed by atoms with Crippen molar-refractivity contribution in [1.29, 1.82) is 0 Å². The van der Waals surface area contributed by atoms with Crippen LogP contribution in [0.3, 0.4) is 0 Å². The first-order valence-corrected chi connectivity index (χ1v) is 12.3. The number of rotatable bonds is 7. The molecule has 12 heteroatoms. The molecule has 1 aliphatic heterocycles. The monoisotopic (exact) mass is 543 g/mol. The van der Waals surface area contributed by atoms with E-state index in [4.69, 9.17) is 25.8 Å². The first kappa shape index (κ1) is 26.1. The van der Waals surface area contributed by atoms with Crippen molar-refractivity contribution < 1.29 is 23.9 Å². The third-order valence-corrected chi connectivity index (χ3v) is 7.06. The lowest BCUT2D eigenvalue weighted by atomic mass is 9.96. The Morgan fingerprint density at radius 2 is 1.92 bits per heavy atom. The van der Waals surface area contributed by atoms with Crippen LogP contribution in [0.4, 0.5) is 5.69 Å². The van der Waals surface area contributed by atoms with E-state index in [2.05, 4.69) is 4.99 Å². The molecule has 0 unspecified atom stereocenters. The van der Waals surface area contributed by atoms with Gasteiger partial charge in [-0.1, -0.05) is 41.1 Å². The van der Waals surface area contributed by atoms with Crippen LogP contribution in [0, 0.1) is 10.1 Å². The van der Waals surface area contributed by atoms with Gasteiger partial charge in [0.1, 0.15) is 6.04 Å². The second-order valence-electron chi connectivity index (χ2n) is 7.85. The summed E-state index contributed by atoms with van der Waals surface area (Å²) in [6, 6.07) is 8.65. The number of allylic oxidation sites excluding steroid dienone is 1. The lowest BCUT2D eigenvalue weighted by Gasteiger charge is -2.25. The van der Waals surface area contributed by atoms with E-state index in [1.54, 1.807) is 38.1 Å². The van der Waals surface area contributed by atoms with Gasteiger partial charge in [0, 0.05) is 5.02 Å². The zero-order valence-corrected chi connectivity index (χ0v) is 21.9. The lowest BCUT2D eigenvalue weighted by Crippen LogP contribution is -2.40. The number of aromatic nitrogens is 1. The van der Waals surface area contributed by atoms with Crippen LogP contribution in [0.5, 0.6) is 11.5 Å². The number of fused-ring (bicyclic) bond motifs is 1. The molecule has 1 atom stereocenters. The summed E-state index contributed by atoms with van der Waals surface area (Å²) in [7, 11) is 2.78. The molecule has 192 valence electrons. The first-order valence-electron chi connectivity index (χ1n) is 11.1. The maximum absolute atomic E-state index is 13.7. The molecule has 0 saturated carbocycles. The Morgan fingerprint density at radius 1 is 1.24 bits per heavy atom. The van der Waals surface area contributed by atoms with Gasteiger partial charge in [0.05, 0.1) is 53.2 Å². The fourth-order valence-corrected chi connectivity index (χ4v) is 5.36. The number of nitrogens with zero attached hydrogens (tertiary/aromatic N) is 3. The van der Waals surface area contributed by atoms with Crippen LogP contribution in [0.25, 0.3) is 6.08 Å². The molecule has 3 aromatic rings. The Morgan fingerprint density at radius 3 is 2.54 bits per heavy atom. The van der Waals surface area contributed by atoms with Gasteiger partial charge >= 0.3 is 5.97 Å². The number of methoxy groups -OCH3 is 2. The molecule has 4 rings (SSSR count). The second kappa shape index (κ2) is 10.6. The highest BCUT2D eigenvalue weighted by molar-refractivity contribution is 7.07. The average Bonchev–Trinajstić information content (AvgIpc) is 3.17. The number of halogens is 1. The SMILES string of the molecule is CCOC(=O)C1=C(C)N=c2s/c(=C\c3cc(OC)c(OC)cc3[N+](=O)[O-])c(=O)n2[C@H]1c1ccccc1Cl. The summed E-state index contributed by atoms with van der Waals surface area (Å²) in [5.41, 5.74) is 0.468. The van der Waals surface area contributed by atoms with Crippen LogP contribution in [-0.4, -0.2) is 36.3 Å². The van der Waals surface area contributed by atoms with Crippen molar-refractivity contribution in [3.8, 4) is 11.5 Å². The fourth-order valence-electron chi connectivity index (χ4n) is 4.08. The largest absolute Gasteiger partial charge is 0.493 e. The molecule has 0 spiro atoms. The Hall–Kier alpha value is -3.96. The van der Waals surface area contributed by atoms with E-state index in [1.165, 1.54) is 37.0 Å². The number of carbonyl (C=O) groups is 1. The van der Waals surface area contributed by atoms with Crippen molar-refractivity contribution in [1.82, 2.24) is 4.57 Å². The number of nitro benzene ring substituents is 1. The highest BCUT2D eigenvalue weighted by Crippen LogP contribution is 2.36. The Bertz CT molecular complexity index is 1620. The quantitative estimate of drug-likeness (QED) is 0.254. The summed E-state index contributed by atoms with van der Waals surface area (Å²) in [5, 5.41) is 12.1. The molecule has 0 radical (unpaired) electrons. The van der Waals surface area contributed by atoms with E-state index < -0.39 is 22.5 Å². The Labute approximate surface area is 219 Å². The molecule has 1 aliphatic rings. The first-order chi connectivity index (χ1) is 17.7. The fraction of sp³-hybridized carbons (Fsp3) is 0.240. The summed E-state index contributed by atoms with van der Waals surface area (Å²) in [5.74, 6) is -0.166. The molecule has 0 fully saturated rings. The van der Waals surface area contributed by atoms with Gasteiger partial charge in [-0.3, -0.25) is 19.5 Å². The Kier molecular flexibility index (Phi) is 7.46. The third kappa shape index (κ3) is 4.75. The van der Waals surface area contributed by atoms with Gasteiger partial charge < -0.3 is 14.2 Å². The lowest BCUT2D eigenvalue weighted by molar-refractivity contribution is -0.385. The van der Waals surface area contributed by atoms with Gasteiger partial charge in [-0.05, 0) is 37.6 Å². The summed E-state index contributed by atoms with van der Waals surface area (Å²) in [4.78, 5) is 42.7. The topological polar surface area (TPSA) is 122 Å². The minimum atomic E-state index is -0.897. The third-order valence-electron chi connectivity index (χ3n) is 5.73. The summed E-state index contributed by atoms with van der Waals surface area (Å²) in [6.45, 7) is 3.48. The summed E-state index contributed by atoms with van der Waals surface area (Å²) < 4.78 is 17.3. The number of thiazole rings is 1. The van der Waals surface area contributed by atoms with E-state index in [1.807, 2.05) is 0 Å². The average molecular weight is 544 g/mol. The molecule has 0 amide bonds. The predicted molar refractivity (Wildman–Crippen MR) is 138 cm³/mol. The minimum Gasteiger partial charge on any atom is -0.493 e. The van der Waals surface area contributed by atoms with Crippen molar-refractivity contribution in [3.05, 3.63) is 93.6 Å². The van der Waals surface area contributed by atoms with Crippen LogP contribution >= 0.6 is 22.9 Å². The number of benzene rings is 2. The van der Waals surface area contributed by atoms with Gasteiger partial charge in [-0.25, -0.2) is 9.79 Å². The normalized spacial score (nSPS) is 15.2. The van der Waals surface area contributed by atoms with Gasteiger partial charge in [0.2, 0.25) is 0 Å². The molecular formula is C25H22ClN3O7S. The number of hydrogen-bond acceptors (Lipinski definition) is 9. The van der Waals surface area contributed by atoms with E-state index in [0.29, 0.717) is 21.1 Å². The Balaban J connectivity index is 2.01. The molecule has 0 bridgehead atoms. The number of hydrogen-bond donors (Lipinski definition) is 0. The molecule has 2 heterocycles. The smallest absolute Gasteiger partial charge is 0.338 e. The minimum absolute atomic E-state index is 0.137. The standard InChI is InChI=1S/C25H22ClN3O7S/c1-5-36-24(31)21-13(2)27-25-28(22(21)15-8-6-7-9-16(15)26)23(30)20(37-25)11-14-10-18(34-3)19(35-4)12-17(14)29(32)33/h6-12,22H,5H2,1-4H3/b20-11-/t22-/m0/s1. The van der Waals surface area contributed by atoms with E-state index in [0.717, 1.165) is 11.3 Å². The molecule has 1 aromatic heterocycles. The zero-order valence-electron chi connectivity index (χ0n) is 20.3. The maximum Gasteiger partial charge on any atom is 0.338 e. The zero-order chi connectivity index (χ0) is 26.9. The highest BCUT2D eigenvalue weighted by Gasteiger charge is 2.34. The van der Waals surface area contributed by atoms with Gasteiger partial charge in [0.25, 0.3) is 11.2 Å². The van der Waals surface area contributed by atoms with Crippen LogP contribution in [0.15, 0.2) is 57.5 Å². The molecule has 0 N–H and O–H groups in total. The summed E-state index contributed by atoms with van der Waals surface area (Å²) >= 11 is 7.54. The summed E-state index contributed by atoms with van der Waals surface area (Å²) in [6.07, 6.45) is 1.40. The van der Waals surface area contributed by atoms with E-state index in [9.17, 15) is 19.7 Å². The molecule has 10 nitrogen and oxygen atoms in total. The molecule has 0 aliphatic carbocycles. The number of esters is 1. The van der Waals surface area contributed by atoms with Crippen molar-refractivity contribution >= 4 is 40.7 Å². The van der Waals surface area contributed by atoms with Crippen molar-refractivity contribution in [3.63, 3.8) is 0 Å². The van der Waals surface area contributed by atoms with Crippen molar-refractivity contribution in [2.24, 2.45) is 4.99 Å². The predicted octanol–water partition coefficient (Wildman–Crippen LogP) is 3.38. The molecule has 37 heavy (non-hydrogen) atoms. The molecule has 0 saturated heterocycles. The van der Waals surface area contributed by atoms with Crippen LogP contribution in [0.1, 0.15) is 31.0 Å². The number of carbonyl (C=O) groups excluding carboxylic acids is 1.